The number of rotatable bonds is 3. The fourth-order valence-corrected chi connectivity index (χ4v) is 3.00. The topological polar surface area (TPSA) is 75.4 Å². The van der Waals surface area contributed by atoms with Gasteiger partial charge in [-0.3, -0.25) is 9.59 Å². The first-order valence-electron chi connectivity index (χ1n) is 7.03. The molecular weight excluding hydrogens is 254 g/mol. The molecule has 1 aromatic carbocycles. The summed E-state index contributed by atoms with van der Waals surface area (Å²) < 4.78 is 0. The van der Waals surface area contributed by atoms with Crippen molar-refractivity contribution in [2.75, 3.05) is 23.3 Å². The third-order valence-corrected chi connectivity index (χ3v) is 4.45. The minimum atomic E-state index is -0.146. The van der Waals surface area contributed by atoms with Crippen molar-refractivity contribution >= 4 is 23.2 Å². The molecule has 5 heteroatoms. The Balaban J connectivity index is 1.83. The fraction of sp³-hybridized carbons (Fsp3) is 0.467. The lowest BCUT2D eigenvalue weighted by Gasteiger charge is -2.42. The molecule has 2 aliphatic rings. The molecule has 1 aromatic rings. The van der Waals surface area contributed by atoms with Crippen LogP contribution in [0.1, 0.15) is 25.7 Å². The number of anilines is 2. The van der Waals surface area contributed by atoms with Crippen LogP contribution in [0.3, 0.4) is 0 Å². The van der Waals surface area contributed by atoms with Crippen LogP contribution in [0.15, 0.2) is 24.3 Å². The monoisotopic (exact) mass is 273 g/mol. The van der Waals surface area contributed by atoms with Gasteiger partial charge in [0.1, 0.15) is 6.54 Å². The fourth-order valence-electron chi connectivity index (χ4n) is 3.00. The summed E-state index contributed by atoms with van der Waals surface area (Å²) in [6, 6.07) is 7.40. The summed E-state index contributed by atoms with van der Waals surface area (Å²) in [5, 5.41) is 2.79. The van der Waals surface area contributed by atoms with Crippen LogP contribution < -0.4 is 16.0 Å². The molecule has 0 bridgehead atoms. The highest BCUT2D eigenvalue weighted by atomic mass is 16.2. The van der Waals surface area contributed by atoms with Crippen LogP contribution >= 0.6 is 0 Å². The molecule has 1 heterocycles. The van der Waals surface area contributed by atoms with Gasteiger partial charge in [0.2, 0.25) is 11.8 Å². The van der Waals surface area contributed by atoms with E-state index in [-0.39, 0.29) is 23.8 Å². The van der Waals surface area contributed by atoms with Gasteiger partial charge in [-0.2, -0.15) is 0 Å². The first kappa shape index (κ1) is 13.1. The number of carbonyl (C=O) groups is 2. The van der Waals surface area contributed by atoms with Crippen molar-refractivity contribution in [3.8, 4) is 0 Å². The predicted molar refractivity (Wildman–Crippen MR) is 77.4 cm³/mol. The third-order valence-electron chi connectivity index (χ3n) is 4.45. The van der Waals surface area contributed by atoms with E-state index in [0.29, 0.717) is 18.7 Å². The molecule has 0 atom stereocenters. The summed E-state index contributed by atoms with van der Waals surface area (Å²) in [6.45, 7) is 0.636. The normalized spacial score (nSPS) is 19.9. The molecule has 1 saturated carbocycles. The number of fused-ring (bicyclic) bond motifs is 1. The van der Waals surface area contributed by atoms with Crippen LogP contribution in [0.4, 0.5) is 11.4 Å². The first-order valence-corrected chi connectivity index (χ1v) is 7.03. The molecule has 1 fully saturated rings. The number of para-hydroxylation sites is 2. The number of nitrogens with two attached hydrogens (primary N) is 1. The lowest BCUT2D eigenvalue weighted by molar-refractivity contribution is -0.124. The zero-order valence-electron chi connectivity index (χ0n) is 11.4. The lowest BCUT2D eigenvalue weighted by atomic mass is 9.66. The maximum absolute atomic E-state index is 12.6. The largest absolute Gasteiger partial charge is 0.330 e. The van der Waals surface area contributed by atoms with Gasteiger partial charge in [-0.25, -0.2) is 0 Å². The molecular formula is C15H19N3O2. The molecule has 0 unspecified atom stereocenters. The summed E-state index contributed by atoms with van der Waals surface area (Å²) >= 11 is 0. The smallest absolute Gasteiger partial charge is 0.244 e. The van der Waals surface area contributed by atoms with E-state index >= 15 is 0 Å². The second-order valence-corrected chi connectivity index (χ2v) is 5.78. The number of carbonyl (C=O) groups excluding carboxylic acids is 2. The van der Waals surface area contributed by atoms with Gasteiger partial charge in [-0.1, -0.05) is 18.6 Å². The molecule has 2 amide bonds. The Labute approximate surface area is 118 Å². The SMILES string of the molecule is NCC1(CC(=O)N2CC(=O)Nc3ccccc32)CCC1. The average Bonchev–Trinajstić information content (AvgIpc) is 2.41. The van der Waals surface area contributed by atoms with E-state index in [0.717, 1.165) is 24.9 Å². The Kier molecular flexibility index (Phi) is 3.22. The molecule has 0 aromatic heterocycles. The Hall–Kier alpha value is -1.88. The van der Waals surface area contributed by atoms with Crippen molar-refractivity contribution < 1.29 is 9.59 Å². The quantitative estimate of drug-likeness (QED) is 0.876. The summed E-state index contributed by atoms with van der Waals surface area (Å²) in [7, 11) is 0. The summed E-state index contributed by atoms with van der Waals surface area (Å²) in [5.41, 5.74) is 7.26. The molecule has 20 heavy (non-hydrogen) atoms. The standard InChI is InChI=1S/C15H19N3O2/c16-10-15(6-3-7-15)8-14(20)18-9-13(19)17-11-4-1-2-5-12(11)18/h1-2,4-5H,3,6-10,16H2,(H,17,19). The van der Waals surface area contributed by atoms with Gasteiger partial charge in [0.15, 0.2) is 0 Å². The van der Waals surface area contributed by atoms with Gasteiger partial charge in [0, 0.05) is 6.42 Å². The van der Waals surface area contributed by atoms with Crippen molar-refractivity contribution in [3.63, 3.8) is 0 Å². The summed E-state index contributed by atoms with van der Waals surface area (Å²) in [4.78, 5) is 25.9. The highest BCUT2D eigenvalue weighted by molar-refractivity contribution is 6.10. The van der Waals surface area contributed by atoms with E-state index in [2.05, 4.69) is 5.32 Å². The van der Waals surface area contributed by atoms with E-state index < -0.39 is 0 Å². The molecule has 0 radical (unpaired) electrons. The predicted octanol–water partition coefficient (Wildman–Crippen LogP) is 1.49. The Bertz CT molecular complexity index is 546. The molecule has 3 N–H and O–H groups in total. The van der Waals surface area contributed by atoms with Crippen molar-refractivity contribution in [2.45, 2.75) is 25.7 Å². The van der Waals surface area contributed by atoms with Gasteiger partial charge >= 0.3 is 0 Å². The van der Waals surface area contributed by atoms with Crippen molar-refractivity contribution in [2.24, 2.45) is 11.1 Å². The van der Waals surface area contributed by atoms with Gasteiger partial charge in [0.25, 0.3) is 0 Å². The van der Waals surface area contributed by atoms with Crippen LogP contribution in [-0.2, 0) is 9.59 Å². The van der Waals surface area contributed by atoms with Crippen LogP contribution in [0.2, 0.25) is 0 Å². The number of nitrogens with one attached hydrogen (secondary N) is 1. The highest BCUT2D eigenvalue weighted by Crippen LogP contribution is 2.44. The van der Waals surface area contributed by atoms with Crippen LogP contribution in [0.25, 0.3) is 0 Å². The summed E-state index contributed by atoms with van der Waals surface area (Å²) in [5.74, 6) is -0.148. The van der Waals surface area contributed by atoms with E-state index in [9.17, 15) is 9.59 Å². The van der Waals surface area contributed by atoms with Crippen LogP contribution in [0, 0.1) is 5.41 Å². The average molecular weight is 273 g/mol. The van der Waals surface area contributed by atoms with Crippen LogP contribution in [0.5, 0.6) is 0 Å². The van der Waals surface area contributed by atoms with Gasteiger partial charge in [-0.05, 0) is 36.9 Å². The van der Waals surface area contributed by atoms with Crippen molar-refractivity contribution in [1.82, 2.24) is 0 Å². The molecule has 1 aliphatic carbocycles. The van der Waals surface area contributed by atoms with Crippen molar-refractivity contribution in [3.05, 3.63) is 24.3 Å². The molecule has 0 spiro atoms. The second kappa shape index (κ2) is 4.90. The minimum absolute atomic E-state index is 0.00236. The molecule has 1 aliphatic heterocycles. The molecule has 0 saturated heterocycles. The van der Waals surface area contributed by atoms with E-state index in [1.807, 2.05) is 24.3 Å². The summed E-state index contributed by atoms with van der Waals surface area (Å²) in [6.07, 6.45) is 3.60. The molecule has 3 rings (SSSR count). The third kappa shape index (κ3) is 2.18. The van der Waals surface area contributed by atoms with E-state index in [1.165, 1.54) is 0 Å². The number of benzene rings is 1. The minimum Gasteiger partial charge on any atom is -0.330 e. The van der Waals surface area contributed by atoms with Gasteiger partial charge < -0.3 is 16.0 Å². The van der Waals surface area contributed by atoms with Gasteiger partial charge in [-0.15, -0.1) is 0 Å². The zero-order valence-corrected chi connectivity index (χ0v) is 11.4. The zero-order chi connectivity index (χ0) is 14.2. The number of amides is 2. The van der Waals surface area contributed by atoms with E-state index in [4.69, 9.17) is 5.73 Å². The molecule has 106 valence electrons. The molecule has 5 nitrogen and oxygen atoms in total. The maximum atomic E-state index is 12.6. The highest BCUT2D eigenvalue weighted by Gasteiger charge is 2.39. The van der Waals surface area contributed by atoms with E-state index in [1.54, 1.807) is 4.90 Å². The Morgan fingerprint density at radius 3 is 2.75 bits per heavy atom. The first-order chi connectivity index (χ1) is 9.63. The van der Waals surface area contributed by atoms with Crippen LogP contribution in [-0.4, -0.2) is 24.9 Å². The van der Waals surface area contributed by atoms with Gasteiger partial charge in [0.05, 0.1) is 11.4 Å². The number of nitrogens with zero attached hydrogens (tertiary/aromatic N) is 1. The second-order valence-electron chi connectivity index (χ2n) is 5.78. The Morgan fingerprint density at radius 2 is 2.10 bits per heavy atom. The Morgan fingerprint density at radius 1 is 1.35 bits per heavy atom. The maximum Gasteiger partial charge on any atom is 0.244 e. The number of hydrogen-bond acceptors (Lipinski definition) is 3. The van der Waals surface area contributed by atoms with Crippen molar-refractivity contribution in [1.29, 1.82) is 0 Å². The lowest BCUT2D eigenvalue weighted by Crippen LogP contribution is -2.47. The number of hydrogen-bond donors (Lipinski definition) is 2.